The zero-order valence-corrected chi connectivity index (χ0v) is 18.8. The fraction of sp³-hybridized carbons (Fsp3) is 0.269. The van der Waals surface area contributed by atoms with Crippen molar-refractivity contribution in [1.29, 1.82) is 0 Å². The highest BCUT2D eigenvalue weighted by atomic mass is 32.2. The minimum absolute atomic E-state index is 0.0588. The molecule has 0 radical (unpaired) electrons. The van der Waals surface area contributed by atoms with E-state index < -0.39 is 27.3 Å². The van der Waals surface area contributed by atoms with Crippen molar-refractivity contribution in [2.45, 2.75) is 30.6 Å². The molecule has 6 nitrogen and oxygen atoms in total. The quantitative estimate of drug-likeness (QED) is 0.579. The molecule has 0 unspecified atom stereocenters. The summed E-state index contributed by atoms with van der Waals surface area (Å²) in [6.07, 6.45) is 1.21. The molecule has 5 rings (SSSR count). The van der Waals surface area contributed by atoms with Gasteiger partial charge in [-0.2, -0.15) is 0 Å². The van der Waals surface area contributed by atoms with Crippen LogP contribution < -0.4 is 9.46 Å². The van der Waals surface area contributed by atoms with Gasteiger partial charge in [0.05, 0.1) is 18.0 Å². The fourth-order valence-electron chi connectivity index (χ4n) is 4.28. The van der Waals surface area contributed by atoms with E-state index in [1.807, 2.05) is 42.5 Å². The van der Waals surface area contributed by atoms with E-state index in [-0.39, 0.29) is 11.5 Å². The number of fused-ring (bicyclic) bond motifs is 1. The van der Waals surface area contributed by atoms with Crippen molar-refractivity contribution in [3.05, 3.63) is 89.5 Å². The Morgan fingerprint density at radius 1 is 1.00 bits per heavy atom. The number of amides is 1. The molecular formula is C26H25NO5S. The van der Waals surface area contributed by atoms with Crippen molar-refractivity contribution < 1.29 is 23.1 Å². The monoisotopic (exact) mass is 463 g/mol. The van der Waals surface area contributed by atoms with Crippen LogP contribution in [0.3, 0.4) is 0 Å². The second kappa shape index (κ2) is 8.65. The van der Waals surface area contributed by atoms with Crippen LogP contribution in [0.25, 0.3) is 11.1 Å². The molecule has 170 valence electrons. The topological polar surface area (TPSA) is 92.7 Å². The molecule has 0 saturated heterocycles. The van der Waals surface area contributed by atoms with Crippen LogP contribution in [0.2, 0.25) is 0 Å². The summed E-state index contributed by atoms with van der Waals surface area (Å²) in [5, 5.41) is 10.5. The molecule has 1 fully saturated rings. The van der Waals surface area contributed by atoms with Crippen molar-refractivity contribution in [3.63, 3.8) is 0 Å². The van der Waals surface area contributed by atoms with Crippen molar-refractivity contribution in [3.8, 4) is 16.9 Å². The van der Waals surface area contributed by atoms with Gasteiger partial charge < -0.3 is 9.84 Å². The largest absolute Gasteiger partial charge is 0.493 e. The average molecular weight is 464 g/mol. The Morgan fingerprint density at radius 3 is 2.48 bits per heavy atom. The van der Waals surface area contributed by atoms with Crippen LogP contribution in [0.5, 0.6) is 5.75 Å². The van der Waals surface area contributed by atoms with Gasteiger partial charge in [-0.3, -0.25) is 4.79 Å². The van der Waals surface area contributed by atoms with Crippen molar-refractivity contribution >= 4 is 15.9 Å². The van der Waals surface area contributed by atoms with Crippen LogP contribution in [0, 0.1) is 5.92 Å². The summed E-state index contributed by atoms with van der Waals surface area (Å²) < 4.78 is 32.7. The maximum atomic E-state index is 12.8. The first-order valence-corrected chi connectivity index (χ1v) is 12.6. The number of sulfonamides is 1. The summed E-state index contributed by atoms with van der Waals surface area (Å²) in [7, 11) is -3.64. The highest BCUT2D eigenvalue weighted by Gasteiger charge is 2.37. The second-order valence-corrected chi connectivity index (χ2v) is 10.6. The summed E-state index contributed by atoms with van der Waals surface area (Å²) in [5.74, 6) is -0.124. The lowest BCUT2D eigenvalue weighted by Crippen LogP contribution is -2.33. The Labute approximate surface area is 193 Å². The van der Waals surface area contributed by atoms with Gasteiger partial charge >= 0.3 is 0 Å². The van der Waals surface area contributed by atoms with Gasteiger partial charge in [0, 0.05) is 17.0 Å². The van der Waals surface area contributed by atoms with E-state index >= 15 is 0 Å². The lowest BCUT2D eigenvalue weighted by atomic mass is 9.87. The number of aliphatic hydroxyl groups is 1. The Morgan fingerprint density at radius 2 is 1.73 bits per heavy atom. The van der Waals surface area contributed by atoms with Gasteiger partial charge in [0.15, 0.2) is 0 Å². The van der Waals surface area contributed by atoms with Crippen LogP contribution in [-0.4, -0.2) is 31.3 Å². The van der Waals surface area contributed by atoms with Gasteiger partial charge in [0.25, 0.3) is 5.91 Å². The average Bonchev–Trinajstić information content (AvgIpc) is 3.68. The summed E-state index contributed by atoms with van der Waals surface area (Å²) in [5.41, 5.74) is 3.46. The minimum Gasteiger partial charge on any atom is -0.493 e. The van der Waals surface area contributed by atoms with Crippen LogP contribution in [-0.2, 0) is 16.4 Å². The number of hydrogen-bond donors (Lipinski definition) is 2. The fourth-order valence-corrected chi connectivity index (χ4v) is 5.57. The first-order chi connectivity index (χ1) is 15.9. The molecule has 33 heavy (non-hydrogen) atoms. The van der Waals surface area contributed by atoms with Gasteiger partial charge in [-0.1, -0.05) is 60.7 Å². The van der Waals surface area contributed by atoms with E-state index in [9.17, 15) is 18.3 Å². The number of carbonyl (C=O) groups is 1. The first-order valence-electron chi connectivity index (χ1n) is 11.1. The number of benzene rings is 3. The minimum atomic E-state index is -3.64. The smallest absolute Gasteiger partial charge is 0.265 e. The van der Waals surface area contributed by atoms with Gasteiger partial charge in [-0.15, -0.1) is 0 Å². The number of nitrogens with one attached hydrogen (secondary N) is 1. The lowest BCUT2D eigenvalue weighted by Gasteiger charge is -2.31. The molecule has 0 spiro atoms. The zero-order valence-electron chi connectivity index (χ0n) is 18.0. The molecule has 1 heterocycles. The number of ether oxygens (including phenoxy) is 1. The normalized spacial score (nSPS) is 19.9. The Bertz CT molecular complexity index is 1290. The van der Waals surface area contributed by atoms with Gasteiger partial charge in [-0.25, -0.2) is 13.1 Å². The number of rotatable bonds is 6. The molecule has 2 N–H and O–H groups in total. The summed E-state index contributed by atoms with van der Waals surface area (Å²) >= 11 is 0. The standard InChI is InChI=1S/C26H25NO5S/c28-25-19(14-17-6-2-1-3-7-17)16-32-24-15-18(10-13-23(24)25)21-8-4-5-9-22(21)26(29)27-33(30,31)20-11-12-20/h1-10,13,15,19-20,25,28H,11-12,14,16H2,(H,27,29)/t19-,25+/m0/s1. The number of hydrogen-bond acceptors (Lipinski definition) is 5. The third-order valence-corrected chi connectivity index (χ3v) is 8.07. The van der Waals surface area contributed by atoms with Gasteiger partial charge in [0.2, 0.25) is 10.0 Å². The Kier molecular flexibility index (Phi) is 5.68. The molecule has 3 aromatic rings. The summed E-state index contributed by atoms with van der Waals surface area (Å²) in [6, 6.07) is 22.3. The highest BCUT2D eigenvalue weighted by Crippen LogP contribution is 2.40. The van der Waals surface area contributed by atoms with Crippen LogP contribution in [0.15, 0.2) is 72.8 Å². The second-order valence-electron chi connectivity index (χ2n) is 8.68. The Hall–Kier alpha value is -3.16. The maximum Gasteiger partial charge on any atom is 0.265 e. The molecule has 0 bridgehead atoms. The maximum absolute atomic E-state index is 12.8. The van der Waals surface area contributed by atoms with Crippen LogP contribution in [0.1, 0.15) is 40.4 Å². The van der Waals surface area contributed by atoms with E-state index in [4.69, 9.17) is 4.74 Å². The number of aliphatic hydroxyl groups excluding tert-OH is 1. The lowest BCUT2D eigenvalue weighted by molar-refractivity contribution is 0.0508. The molecular weight excluding hydrogens is 438 g/mol. The van der Waals surface area contributed by atoms with Gasteiger partial charge in [-0.05, 0) is 48.1 Å². The van der Waals surface area contributed by atoms with E-state index in [0.717, 1.165) is 11.1 Å². The SMILES string of the molecule is O=C(NS(=O)(=O)C1CC1)c1ccccc1-c1ccc2c(c1)OC[C@H](Cc1ccccc1)[C@H]2O. The molecule has 3 aromatic carbocycles. The third kappa shape index (κ3) is 4.51. The van der Waals surface area contributed by atoms with E-state index in [2.05, 4.69) is 4.72 Å². The molecule has 1 saturated carbocycles. The van der Waals surface area contributed by atoms with E-state index in [1.165, 1.54) is 0 Å². The van der Waals surface area contributed by atoms with Crippen molar-refractivity contribution in [2.24, 2.45) is 5.92 Å². The molecule has 2 atom stereocenters. The molecule has 2 aliphatic rings. The first kappa shape index (κ1) is 21.7. The predicted molar refractivity (Wildman–Crippen MR) is 125 cm³/mol. The van der Waals surface area contributed by atoms with Crippen molar-refractivity contribution in [1.82, 2.24) is 4.72 Å². The highest BCUT2D eigenvalue weighted by molar-refractivity contribution is 7.91. The van der Waals surface area contributed by atoms with E-state index in [1.54, 1.807) is 30.3 Å². The van der Waals surface area contributed by atoms with Crippen molar-refractivity contribution in [2.75, 3.05) is 6.61 Å². The zero-order chi connectivity index (χ0) is 23.0. The summed E-state index contributed by atoms with van der Waals surface area (Å²) in [6.45, 7) is 0.383. The molecule has 7 heteroatoms. The molecule has 1 aliphatic heterocycles. The predicted octanol–water partition coefficient (Wildman–Crippen LogP) is 3.86. The third-order valence-electron chi connectivity index (χ3n) is 6.25. The van der Waals surface area contributed by atoms with E-state index in [0.29, 0.717) is 42.7 Å². The van der Waals surface area contributed by atoms with Gasteiger partial charge in [0.1, 0.15) is 5.75 Å². The molecule has 1 aliphatic carbocycles. The molecule has 1 amide bonds. The summed E-state index contributed by atoms with van der Waals surface area (Å²) in [4.78, 5) is 12.8. The number of carbonyl (C=O) groups excluding carboxylic acids is 1. The van der Waals surface area contributed by atoms with Crippen LogP contribution in [0.4, 0.5) is 0 Å². The molecule has 0 aromatic heterocycles. The Balaban J connectivity index is 1.40. The van der Waals surface area contributed by atoms with Crippen LogP contribution >= 0.6 is 0 Å².